The number of halogens is 1. The van der Waals surface area contributed by atoms with Crippen LogP contribution in [0.5, 0.6) is 5.88 Å². The molecule has 2 rings (SSSR count). The number of benzene rings is 1. The Bertz CT molecular complexity index is 617. The standard InChI is InChI=1S/C16H17BrN2O3/c1-21-7-8-22-15-6-5-12(10-18-15)11-19-16(20)13-3-2-4-14(17)9-13/h2-6,9-10H,7-8,11H2,1H3,(H,19,20). The van der Waals surface area contributed by atoms with Crippen molar-refractivity contribution >= 4 is 21.8 Å². The van der Waals surface area contributed by atoms with Crippen molar-refractivity contribution in [2.45, 2.75) is 6.54 Å². The summed E-state index contributed by atoms with van der Waals surface area (Å²) in [4.78, 5) is 16.2. The highest BCUT2D eigenvalue weighted by molar-refractivity contribution is 9.10. The van der Waals surface area contributed by atoms with Gasteiger partial charge in [0.2, 0.25) is 5.88 Å². The van der Waals surface area contributed by atoms with E-state index >= 15 is 0 Å². The van der Waals surface area contributed by atoms with E-state index < -0.39 is 0 Å². The normalized spacial score (nSPS) is 10.3. The van der Waals surface area contributed by atoms with Crippen molar-refractivity contribution in [2.75, 3.05) is 20.3 Å². The Kier molecular flexibility index (Phi) is 6.36. The smallest absolute Gasteiger partial charge is 0.251 e. The fourth-order valence-electron chi connectivity index (χ4n) is 1.74. The van der Waals surface area contributed by atoms with Gasteiger partial charge in [0.1, 0.15) is 6.61 Å². The van der Waals surface area contributed by atoms with E-state index in [9.17, 15) is 4.79 Å². The van der Waals surface area contributed by atoms with Crippen molar-refractivity contribution in [1.29, 1.82) is 0 Å². The molecule has 0 atom stereocenters. The molecule has 1 N–H and O–H groups in total. The van der Waals surface area contributed by atoms with Crippen LogP contribution in [0.15, 0.2) is 47.1 Å². The van der Waals surface area contributed by atoms with Gasteiger partial charge in [-0.3, -0.25) is 4.79 Å². The molecular formula is C16H17BrN2O3. The highest BCUT2D eigenvalue weighted by atomic mass is 79.9. The molecule has 0 bridgehead atoms. The van der Waals surface area contributed by atoms with E-state index in [1.54, 1.807) is 31.5 Å². The van der Waals surface area contributed by atoms with Gasteiger partial charge in [-0.25, -0.2) is 4.98 Å². The number of hydrogen-bond acceptors (Lipinski definition) is 4. The van der Waals surface area contributed by atoms with Crippen LogP contribution in [-0.4, -0.2) is 31.2 Å². The van der Waals surface area contributed by atoms with E-state index in [1.807, 2.05) is 18.2 Å². The van der Waals surface area contributed by atoms with Gasteiger partial charge >= 0.3 is 0 Å². The zero-order valence-electron chi connectivity index (χ0n) is 12.2. The molecule has 0 saturated heterocycles. The van der Waals surface area contributed by atoms with Crippen molar-refractivity contribution in [3.05, 3.63) is 58.2 Å². The first kappa shape index (κ1) is 16.5. The van der Waals surface area contributed by atoms with Gasteiger partial charge in [-0.1, -0.05) is 28.1 Å². The Morgan fingerprint density at radius 1 is 1.27 bits per heavy atom. The van der Waals surface area contributed by atoms with E-state index in [4.69, 9.17) is 9.47 Å². The van der Waals surface area contributed by atoms with Crippen LogP contribution in [0.2, 0.25) is 0 Å². The number of nitrogens with one attached hydrogen (secondary N) is 1. The summed E-state index contributed by atoms with van der Waals surface area (Å²) in [5.74, 6) is 0.417. The Morgan fingerprint density at radius 2 is 2.14 bits per heavy atom. The number of methoxy groups -OCH3 is 1. The third kappa shape index (κ3) is 5.13. The van der Waals surface area contributed by atoms with Crippen molar-refractivity contribution in [2.24, 2.45) is 0 Å². The fourth-order valence-corrected chi connectivity index (χ4v) is 2.14. The number of nitrogens with zero attached hydrogens (tertiary/aromatic N) is 1. The number of aromatic nitrogens is 1. The van der Waals surface area contributed by atoms with Gasteiger partial charge in [0, 0.05) is 36.0 Å². The fraction of sp³-hybridized carbons (Fsp3) is 0.250. The summed E-state index contributed by atoms with van der Waals surface area (Å²) in [5, 5.41) is 2.85. The topological polar surface area (TPSA) is 60.5 Å². The molecule has 1 amide bonds. The third-order valence-corrected chi connectivity index (χ3v) is 3.37. The molecule has 0 saturated carbocycles. The Morgan fingerprint density at radius 3 is 2.82 bits per heavy atom. The van der Waals surface area contributed by atoms with Gasteiger partial charge < -0.3 is 14.8 Å². The third-order valence-electron chi connectivity index (χ3n) is 2.87. The summed E-state index contributed by atoms with van der Waals surface area (Å²) >= 11 is 3.35. The summed E-state index contributed by atoms with van der Waals surface area (Å²) < 4.78 is 11.2. The lowest BCUT2D eigenvalue weighted by atomic mass is 10.2. The average molecular weight is 365 g/mol. The molecular weight excluding hydrogens is 348 g/mol. The van der Waals surface area contributed by atoms with Gasteiger partial charge in [-0.2, -0.15) is 0 Å². The number of carbonyl (C=O) groups is 1. The minimum absolute atomic E-state index is 0.123. The molecule has 1 aromatic heterocycles. The minimum atomic E-state index is -0.123. The van der Waals surface area contributed by atoms with Crippen LogP contribution < -0.4 is 10.1 Å². The molecule has 6 heteroatoms. The predicted octanol–water partition coefficient (Wildman–Crippen LogP) is 2.80. The van der Waals surface area contributed by atoms with Gasteiger partial charge in [0.15, 0.2) is 0 Å². The van der Waals surface area contributed by atoms with Crippen molar-refractivity contribution < 1.29 is 14.3 Å². The van der Waals surface area contributed by atoms with Crippen LogP contribution in [0.1, 0.15) is 15.9 Å². The lowest BCUT2D eigenvalue weighted by Gasteiger charge is -2.07. The zero-order chi connectivity index (χ0) is 15.8. The average Bonchev–Trinajstić information content (AvgIpc) is 2.54. The maximum Gasteiger partial charge on any atom is 0.251 e. The number of ether oxygens (including phenoxy) is 2. The summed E-state index contributed by atoms with van der Waals surface area (Å²) in [6.45, 7) is 1.39. The number of pyridine rings is 1. The first-order valence-electron chi connectivity index (χ1n) is 6.79. The quantitative estimate of drug-likeness (QED) is 0.767. The summed E-state index contributed by atoms with van der Waals surface area (Å²) in [7, 11) is 1.62. The lowest BCUT2D eigenvalue weighted by Crippen LogP contribution is -2.22. The Labute approximate surface area is 137 Å². The summed E-state index contributed by atoms with van der Waals surface area (Å²) in [6.07, 6.45) is 1.68. The first-order chi connectivity index (χ1) is 10.7. The van der Waals surface area contributed by atoms with Gasteiger partial charge in [0.25, 0.3) is 5.91 Å². The van der Waals surface area contributed by atoms with Crippen LogP contribution in [-0.2, 0) is 11.3 Å². The van der Waals surface area contributed by atoms with E-state index in [0.717, 1.165) is 10.0 Å². The van der Waals surface area contributed by atoms with E-state index in [0.29, 0.717) is 31.2 Å². The molecule has 0 spiro atoms. The van der Waals surface area contributed by atoms with Crippen LogP contribution >= 0.6 is 15.9 Å². The number of carbonyl (C=O) groups excluding carboxylic acids is 1. The van der Waals surface area contributed by atoms with Gasteiger partial charge in [-0.15, -0.1) is 0 Å². The summed E-state index contributed by atoms with van der Waals surface area (Å²) in [6, 6.07) is 10.9. The number of hydrogen-bond donors (Lipinski definition) is 1. The predicted molar refractivity (Wildman–Crippen MR) is 86.9 cm³/mol. The van der Waals surface area contributed by atoms with Crippen LogP contribution in [0.25, 0.3) is 0 Å². The maximum absolute atomic E-state index is 12.0. The highest BCUT2D eigenvalue weighted by Crippen LogP contribution is 2.12. The first-order valence-corrected chi connectivity index (χ1v) is 7.59. The monoisotopic (exact) mass is 364 g/mol. The van der Waals surface area contributed by atoms with Crippen molar-refractivity contribution in [3.8, 4) is 5.88 Å². The summed E-state index contributed by atoms with van der Waals surface area (Å²) in [5.41, 5.74) is 1.52. The molecule has 116 valence electrons. The number of rotatable bonds is 7. The molecule has 0 aliphatic heterocycles. The van der Waals surface area contributed by atoms with Crippen molar-refractivity contribution in [3.63, 3.8) is 0 Å². The molecule has 0 aliphatic carbocycles. The molecule has 0 aliphatic rings. The molecule has 0 radical (unpaired) electrons. The maximum atomic E-state index is 12.0. The van der Waals surface area contributed by atoms with Crippen LogP contribution in [0.4, 0.5) is 0 Å². The van der Waals surface area contributed by atoms with Gasteiger partial charge in [0.05, 0.1) is 6.61 Å². The molecule has 0 unspecified atom stereocenters. The molecule has 22 heavy (non-hydrogen) atoms. The highest BCUT2D eigenvalue weighted by Gasteiger charge is 2.05. The van der Waals surface area contributed by atoms with Crippen LogP contribution in [0, 0.1) is 0 Å². The molecule has 0 fully saturated rings. The molecule has 5 nitrogen and oxygen atoms in total. The van der Waals surface area contributed by atoms with E-state index in [-0.39, 0.29) is 5.91 Å². The SMILES string of the molecule is COCCOc1ccc(CNC(=O)c2cccc(Br)c2)cn1. The lowest BCUT2D eigenvalue weighted by molar-refractivity contribution is 0.0951. The molecule has 1 heterocycles. The molecule has 2 aromatic rings. The number of amides is 1. The van der Waals surface area contributed by atoms with Crippen molar-refractivity contribution in [1.82, 2.24) is 10.3 Å². The second kappa shape index (κ2) is 8.51. The Balaban J connectivity index is 1.85. The minimum Gasteiger partial charge on any atom is -0.475 e. The molecule has 1 aromatic carbocycles. The van der Waals surface area contributed by atoms with E-state index in [2.05, 4.69) is 26.2 Å². The Hall–Kier alpha value is -1.92. The second-order valence-corrected chi connectivity index (χ2v) is 5.45. The second-order valence-electron chi connectivity index (χ2n) is 4.54. The largest absolute Gasteiger partial charge is 0.475 e. The van der Waals surface area contributed by atoms with E-state index in [1.165, 1.54) is 0 Å². The van der Waals surface area contributed by atoms with Gasteiger partial charge in [-0.05, 0) is 23.8 Å². The zero-order valence-corrected chi connectivity index (χ0v) is 13.8. The van der Waals surface area contributed by atoms with Crippen LogP contribution in [0.3, 0.4) is 0 Å².